The van der Waals surface area contributed by atoms with Gasteiger partial charge in [0.2, 0.25) is 0 Å². The van der Waals surface area contributed by atoms with Crippen molar-refractivity contribution < 1.29 is 4.42 Å². The predicted molar refractivity (Wildman–Crippen MR) is 92.9 cm³/mol. The monoisotopic (exact) mass is 356 g/mol. The Morgan fingerprint density at radius 1 is 1.16 bits per heavy atom. The van der Waals surface area contributed by atoms with E-state index < -0.39 is 0 Å². The Morgan fingerprint density at radius 3 is 3.00 bits per heavy atom. The molecule has 4 aromatic heterocycles. The van der Waals surface area contributed by atoms with Crippen LogP contribution in [0.5, 0.6) is 0 Å². The van der Waals surface area contributed by atoms with Crippen molar-refractivity contribution in [1.29, 1.82) is 0 Å². The Balaban J connectivity index is 1.34. The number of hydrogen-bond donors (Lipinski definition) is 1. The molecule has 0 bridgehead atoms. The van der Waals surface area contributed by atoms with Crippen molar-refractivity contribution in [3.63, 3.8) is 0 Å². The van der Waals surface area contributed by atoms with E-state index in [2.05, 4.69) is 25.1 Å². The van der Waals surface area contributed by atoms with Gasteiger partial charge in [-0.25, -0.2) is 15.0 Å². The molecule has 0 atom stereocenters. The van der Waals surface area contributed by atoms with E-state index in [-0.39, 0.29) is 0 Å². The van der Waals surface area contributed by atoms with Crippen LogP contribution in [0.1, 0.15) is 12.2 Å². The number of anilines is 1. The molecule has 0 radical (unpaired) electrons. The zero-order valence-electron chi connectivity index (χ0n) is 13.3. The Morgan fingerprint density at radius 2 is 2.12 bits per heavy atom. The Hall–Kier alpha value is -2.88. The standard InChI is InChI=1S/C15H16N8OS/c16-13-12-14(18-8-17-13)22(9-19-12)4-2-6-25-15-21-20-10-23(15)7-11-3-1-5-24-11/h1,3,5,8-10H,2,4,6-7H2,(H2,16,17,18). The molecule has 4 rings (SSSR count). The van der Waals surface area contributed by atoms with E-state index in [1.807, 2.05) is 21.3 Å². The molecule has 0 amide bonds. The first-order valence-electron chi connectivity index (χ1n) is 7.75. The van der Waals surface area contributed by atoms with Crippen molar-refractivity contribution in [2.45, 2.75) is 24.7 Å². The van der Waals surface area contributed by atoms with E-state index >= 15 is 0 Å². The number of fused-ring (bicyclic) bond motifs is 1. The molecular formula is C15H16N8OS. The molecule has 0 fully saturated rings. The van der Waals surface area contributed by atoms with E-state index in [0.717, 1.165) is 35.3 Å². The molecule has 10 heteroatoms. The van der Waals surface area contributed by atoms with Crippen LogP contribution in [0.2, 0.25) is 0 Å². The number of imidazole rings is 1. The number of rotatable bonds is 7. The summed E-state index contributed by atoms with van der Waals surface area (Å²) in [4.78, 5) is 12.5. The largest absolute Gasteiger partial charge is 0.467 e. The molecule has 25 heavy (non-hydrogen) atoms. The summed E-state index contributed by atoms with van der Waals surface area (Å²) in [5, 5.41) is 9.03. The highest BCUT2D eigenvalue weighted by Gasteiger charge is 2.09. The van der Waals surface area contributed by atoms with Gasteiger partial charge in [-0.1, -0.05) is 11.8 Å². The fourth-order valence-corrected chi connectivity index (χ4v) is 3.33. The molecule has 4 aromatic rings. The number of furan rings is 1. The van der Waals surface area contributed by atoms with Gasteiger partial charge >= 0.3 is 0 Å². The van der Waals surface area contributed by atoms with Gasteiger partial charge in [0.05, 0.1) is 19.1 Å². The normalized spacial score (nSPS) is 11.4. The van der Waals surface area contributed by atoms with Crippen LogP contribution in [0.15, 0.2) is 47.0 Å². The molecule has 0 aromatic carbocycles. The molecular weight excluding hydrogens is 340 g/mol. The number of thioether (sulfide) groups is 1. The molecule has 0 aliphatic rings. The second-order valence-corrected chi connectivity index (χ2v) is 6.45. The fraction of sp³-hybridized carbons (Fsp3) is 0.267. The molecule has 4 heterocycles. The Kier molecular flexibility index (Phi) is 4.34. The van der Waals surface area contributed by atoms with Gasteiger partial charge in [0.1, 0.15) is 23.9 Å². The lowest BCUT2D eigenvalue weighted by Gasteiger charge is -2.05. The fourth-order valence-electron chi connectivity index (χ4n) is 2.50. The molecule has 0 aliphatic carbocycles. The SMILES string of the molecule is Nc1ncnc2c1ncn2CCCSc1nncn1Cc1ccco1. The molecule has 0 unspecified atom stereocenters. The molecule has 128 valence electrons. The van der Waals surface area contributed by atoms with Gasteiger partial charge in [-0.15, -0.1) is 10.2 Å². The van der Waals surface area contributed by atoms with Crippen LogP contribution in [0.25, 0.3) is 11.2 Å². The summed E-state index contributed by atoms with van der Waals surface area (Å²) < 4.78 is 9.33. The summed E-state index contributed by atoms with van der Waals surface area (Å²) in [5.41, 5.74) is 7.21. The van der Waals surface area contributed by atoms with Crippen molar-refractivity contribution in [3.05, 3.63) is 43.1 Å². The first-order valence-corrected chi connectivity index (χ1v) is 8.74. The lowest BCUT2D eigenvalue weighted by molar-refractivity contribution is 0.484. The Labute approximate surface area is 147 Å². The van der Waals surface area contributed by atoms with E-state index in [4.69, 9.17) is 10.2 Å². The minimum atomic E-state index is 0.407. The van der Waals surface area contributed by atoms with E-state index in [1.54, 1.807) is 30.7 Å². The topological polar surface area (TPSA) is 113 Å². The van der Waals surface area contributed by atoms with E-state index in [0.29, 0.717) is 17.9 Å². The predicted octanol–water partition coefficient (Wildman–Crippen LogP) is 1.82. The van der Waals surface area contributed by atoms with Crippen molar-refractivity contribution in [3.8, 4) is 0 Å². The number of aryl methyl sites for hydroxylation is 1. The van der Waals surface area contributed by atoms with Crippen LogP contribution >= 0.6 is 11.8 Å². The van der Waals surface area contributed by atoms with Gasteiger partial charge in [0.25, 0.3) is 0 Å². The lowest BCUT2D eigenvalue weighted by atomic mass is 10.4. The highest BCUT2D eigenvalue weighted by Crippen LogP contribution is 2.19. The summed E-state index contributed by atoms with van der Waals surface area (Å²) in [6.07, 6.45) is 7.53. The number of nitrogens with zero attached hydrogens (tertiary/aromatic N) is 7. The minimum absolute atomic E-state index is 0.407. The van der Waals surface area contributed by atoms with Crippen molar-refractivity contribution in [2.75, 3.05) is 11.5 Å². The number of hydrogen-bond acceptors (Lipinski definition) is 8. The van der Waals surface area contributed by atoms with Crippen LogP contribution in [0.4, 0.5) is 5.82 Å². The second-order valence-electron chi connectivity index (χ2n) is 5.39. The first-order chi connectivity index (χ1) is 12.3. The average molecular weight is 356 g/mol. The van der Waals surface area contributed by atoms with Crippen LogP contribution in [-0.4, -0.2) is 40.0 Å². The summed E-state index contributed by atoms with van der Waals surface area (Å²) in [7, 11) is 0. The molecule has 0 spiro atoms. The lowest BCUT2D eigenvalue weighted by Crippen LogP contribution is -2.02. The van der Waals surface area contributed by atoms with Gasteiger partial charge < -0.3 is 19.3 Å². The Bertz CT molecular complexity index is 961. The highest BCUT2D eigenvalue weighted by molar-refractivity contribution is 7.99. The summed E-state index contributed by atoms with van der Waals surface area (Å²) in [5.74, 6) is 2.19. The maximum atomic E-state index is 5.80. The summed E-state index contributed by atoms with van der Waals surface area (Å²) >= 11 is 1.66. The average Bonchev–Trinajstić information content (AvgIpc) is 3.34. The van der Waals surface area contributed by atoms with Crippen LogP contribution in [0.3, 0.4) is 0 Å². The zero-order chi connectivity index (χ0) is 17.1. The van der Waals surface area contributed by atoms with Gasteiger partial charge in [-0.05, 0) is 18.6 Å². The number of aromatic nitrogens is 7. The second kappa shape index (κ2) is 6.93. The first kappa shape index (κ1) is 15.6. The molecule has 0 saturated carbocycles. The molecule has 0 aliphatic heterocycles. The maximum absolute atomic E-state index is 5.80. The minimum Gasteiger partial charge on any atom is -0.467 e. The quantitative estimate of drug-likeness (QED) is 0.394. The molecule has 9 nitrogen and oxygen atoms in total. The van der Waals surface area contributed by atoms with Crippen molar-refractivity contribution in [2.24, 2.45) is 0 Å². The van der Waals surface area contributed by atoms with Crippen LogP contribution < -0.4 is 5.73 Å². The number of nitrogen functional groups attached to an aromatic ring is 1. The smallest absolute Gasteiger partial charge is 0.191 e. The van der Waals surface area contributed by atoms with Crippen molar-refractivity contribution in [1.82, 2.24) is 34.3 Å². The highest BCUT2D eigenvalue weighted by atomic mass is 32.2. The van der Waals surface area contributed by atoms with Crippen LogP contribution in [0, 0.1) is 0 Å². The third-order valence-electron chi connectivity index (χ3n) is 3.69. The van der Waals surface area contributed by atoms with Gasteiger partial charge in [0.15, 0.2) is 16.6 Å². The van der Waals surface area contributed by atoms with Gasteiger partial charge in [-0.3, -0.25) is 0 Å². The van der Waals surface area contributed by atoms with Gasteiger partial charge in [0, 0.05) is 12.3 Å². The summed E-state index contributed by atoms with van der Waals surface area (Å²) in [6, 6.07) is 3.81. The molecule has 0 saturated heterocycles. The van der Waals surface area contributed by atoms with E-state index in [9.17, 15) is 0 Å². The van der Waals surface area contributed by atoms with Crippen LogP contribution in [-0.2, 0) is 13.1 Å². The zero-order valence-corrected chi connectivity index (χ0v) is 14.1. The third kappa shape index (κ3) is 3.33. The summed E-state index contributed by atoms with van der Waals surface area (Å²) in [6.45, 7) is 1.43. The van der Waals surface area contributed by atoms with Gasteiger partial charge in [-0.2, -0.15) is 0 Å². The number of nitrogens with two attached hydrogens (primary N) is 1. The maximum Gasteiger partial charge on any atom is 0.191 e. The third-order valence-corrected chi connectivity index (χ3v) is 4.76. The molecule has 2 N–H and O–H groups in total. The van der Waals surface area contributed by atoms with E-state index in [1.165, 1.54) is 6.33 Å². The van der Waals surface area contributed by atoms with Crippen molar-refractivity contribution >= 4 is 28.7 Å².